The number of alkyl halides is 29. The molecule has 1 N–H and O–H groups in total. The fourth-order valence-electron chi connectivity index (χ4n) is 3.10. The first kappa shape index (κ1) is 48.5. The molecule has 3 nitrogen and oxygen atoms in total. The van der Waals surface area contributed by atoms with E-state index in [9.17, 15) is 127 Å². The molecular formula is C16H3F29KO3. The van der Waals surface area contributed by atoms with E-state index >= 15 is 0 Å². The van der Waals surface area contributed by atoms with Crippen molar-refractivity contribution in [1.29, 1.82) is 0 Å². The summed E-state index contributed by atoms with van der Waals surface area (Å²) in [5.74, 6) is -108. The summed E-state index contributed by atoms with van der Waals surface area (Å²) in [4.78, 5) is 0. The van der Waals surface area contributed by atoms with Gasteiger partial charge in [-0.3, -0.25) is 9.47 Å². The second-order valence-corrected chi connectivity index (χ2v) is 8.92. The number of halogens is 29. The van der Waals surface area contributed by atoms with E-state index in [2.05, 4.69) is 0 Å². The van der Waals surface area contributed by atoms with E-state index in [0.29, 0.717) is 0 Å². The molecule has 49 heavy (non-hydrogen) atoms. The fraction of sp³-hybridized carbons (Fsp3) is 1.00. The van der Waals surface area contributed by atoms with Crippen molar-refractivity contribution in [2.24, 2.45) is 0 Å². The van der Waals surface area contributed by atoms with Crippen molar-refractivity contribution < 1.29 is 142 Å². The molecular weight excluding hydrogens is 830 g/mol. The van der Waals surface area contributed by atoms with Gasteiger partial charge in [-0.25, -0.2) is 17.6 Å². The Hall–Kier alpha value is -0.514. The standard InChI is InChI=1S/C16H3F29O3.K/c17-1(18)3(21,22)5(25,26)7(29,30)9(33,34)11(37,38)13(41)16(44,45)48-14(47-13,15(42,43)46)12(39,40)10(35,36)8(31,32)6(27,28)4(23,24)2(19)20;/h1-2,46H;. The zero-order chi connectivity index (χ0) is 39.6. The van der Waals surface area contributed by atoms with Crippen molar-refractivity contribution in [3.8, 4) is 0 Å². The van der Waals surface area contributed by atoms with Gasteiger partial charge in [-0.2, -0.15) is 110 Å². The van der Waals surface area contributed by atoms with Crippen molar-refractivity contribution in [3.63, 3.8) is 0 Å². The maximum absolute atomic E-state index is 14.7. The van der Waals surface area contributed by atoms with Crippen molar-refractivity contribution in [2.75, 3.05) is 0 Å². The summed E-state index contributed by atoms with van der Waals surface area (Å²) in [5, 5.41) is 8.29. The van der Waals surface area contributed by atoms with Gasteiger partial charge in [0.05, 0.1) is 0 Å². The van der Waals surface area contributed by atoms with Gasteiger partial charge in [0.1, 0.15) is 0 Å². The SMILES string of the molecule is OC(F)(F)C1(C(F)(F)C(F)(F)C(F)(F)C(F)(F)C(F)(F)C(F)F)OC(F)(F)C(F)(C(F)(F)C(F)(F)C(F)(F)C(F)(F)C(F)(F)C(F)F)O1.[K]. The van der Waals surface area contributed by atoms with Crippen LogP contribution in [-0.2, 0) is 9.47 Å². The van der Waals surface area contributed by atoms with Gasteiger partial charge >= 0.3 is 95.9 Å². The Bertz CT molecular complexity index is 1210. The molecule has 0 saturated carbocycles. The second kappa shape index (κ2) is 12.3. The summed E-state index contributed by atoms with van der Waals surface area (Å²) in [7, 11) is 0. The van der Waals surface area contributed by atoms with Gasteiger partial charge in [-0.05, 0) is 0 Å². The number of hydrogen-bond acceptors (Lipinski definition) is 3. The molecule has 1 heterocycles. The van der Waals surface area contributed by atoms with E-state index in [1.54, 1.807) is 0 Å². The maximum atomic E-state index is 14.7. The average molecular weight is 833 g/mol. The smallest absolute Gasteiger partial charge is 0.332 e. The Morgan fingerprint density at radius 1 is 0.408 bits per heavy atom. The first-order valence-corrected chi connectivity index (χ1v) is 10.2. The van der Waals surface area contributed by atoms with Crippen molar-refractivity contribution in [1.82, 2.24) is 0 Å². The molecule has 1 fully saturated rings. The molecule has 1 rings (SSSR count). The molecule has 289 valence electrons. The molecule has 0 bridgehead atoms. The average Bonchev–Trinajstić information content (AvgIpc) is 3.10. The topological polar surface area (TPSA) is 38.7 Å². The Labute approximate surface area is 288 Å². The third-order valence-electron chi connectivity index (χ3n) is 5.90. The third kappa shape index (κ3) is 5.68. The minimum Gasteiger partial charge on any atom is -0.332 e. The molecule has 1 aliphatic rings. The van der Waals surface area contributed by atoms with Gasteiger partial charge in [-0.15, -0.1) is 0 Å². The summed E-state index contributed by atoms with van der Waals surface area (Å²) in [6.45, 7) is 0. The van der Waals surface area contributed by atoms with Crippen LogP contribution < -0.4 is 0 Å². The molecule has 1 radical (unpaired) electrons. The Morgan fingerprint density at radius 2 is 0.673 bits per heavy atom. The monoisotopic (exact) mass is 833 g/mol. The molecule has 0 amide bonds. The van der Waals surface area contributed by atoms with E-state index < -0.39 is 95.9 Å². The molecule has 0 aromatic rings. The molecule has 0 aromatic heterocycles. The Kier molecular flexibility index (Phi) is 12.1. The molecule has 33 heteroatoms. The van der Waals surface area contributed by atoms with Crippen LogP contribution in [0.25, 0.3) is 0 Å². The molecule has 0 spiro atoms. The maximum Gasteiger partial charge on any atom is 0.424 e. The van der Waals surface area contributed by atoms with Gasteiger partial charge in [0, 0.05) is 51.4 Å². The molecule has 1 saturated heterocycles. The quantitative estimate of drug-likeness (QED) is 0.151. The molecule has 1 aliphatic heterocycles. The summed E-state index contributed by atoms with van der Waals surface area (Å²) in [5.41, 5.74) is 0. The summed E-state index contributed by atoms with van der Waals surface area (Å²) >= 11 is 0. The van der Waals surface area contributed by atoms with E-state index in [1.165, 1.54) is 9.47 Å². The van der Waals surface area contributed by atoms with E-state index in [4.69, 9.17) is 5.11 Å². The Morgan fingerprint density at radius 3 is 0.918 bits per heavy atom. The predicted molar refractivity (Wildman–Crippen MR) is 88.1 cm³/mol. The zero-order valence-corrected chi connectivity index (χ0v) is 24.5. The normalized spacial score (nSPS) is 24.5. The van der Waals surface area contributed by atoms with Crippen LogP contribution in [0.4, 0.5) is 127 Å². The first-order valence-electron chi connectivity index (χ1n) is 10.2. The van der Waals surface area contributed by atoms with Crippen molar-refractivity contribution >= 4 is 51.4 Å². The van der Waals surface area contributed by atoms with Crippen LogP contribution in [0.1, 0.15) is 0 Å². The number of hydrogen-bond donors (Lipinski definition) is 1. The second-order valence-electron chi connectivity index (χ2n) is 8.92. The van der Waals surface area contributed by atoms with E-state index in [1.807, 2.05) is 0 Å². The summed E-state index contributed by atoms with van der Waals surface area (Å²) in [6, 6.07) is 0. The van der Waals surface area contributed by atoms with Gasteiger partial charge < -0.3 is 5.11 Å². The van der Waals surface area contributed by atoms with Crippen LogP contribution >= 0.6 is 0 Å². The van der Waals surface area contributed by atoms with Crippen LogP contribution in [0.2, 0.25) is 0 Å². The van der Waals surface area contributed by atoms with Gasteiger partial charge in [0.2, 0.25) is 0 Å². The molecule has 2 atom stereocenters. The van der Waals surface area contributed by atoms with Crippen molar-refractivity contribution in [2.45, 2.75) is 95.9 Å². The van der Waals surface area contributed by atoms with Crippen LogP contribution in [-0.4, -0.2) is 152 Å². The predicted octanol–water partition coefficient (Wildman–Crippen LogP) is 8.08. The number of aliphatic hydroxyl groups is 1. The van der Waals surface area contributed by atoms with E-state index in [-0.39, 0.29) is 51.4 Å². The van der Waals surface area contributed by atoms with Crippen LogP contribution in [0, 0.1) is 0 Å². The Balaban J connectivity index is 0.0000230. The van der Waals surface area contributed by atoms with Gasteiger partial charge in [0.15, 0.2) is 0 Å². The zero-order valence-electron chi connectivity index (χ0n) is 21.4. The minimum atomic E-state index is -9.45. The van der Waals surface area contributed by atoms with Gasteiger partial charge in [0.25, 0.3) is 0 Å². The van der Waals surface area contributed by atoms with Crippen LogP contribution in [0.15, 0.2) is 0 Å². The fourth-order valence-corrected chi connectivity index (χ4v) is 3.10. The number of rotatable bonds is 13. The van der Waals surface area contributed by atoms with Crippen LogP contribution in [0.3, 0.4) is 0 Å². The number of ether oxygens (including phenoxy) is 2. The third-order valence-corrected chi connectivity index (χ3v) is 5.90. The molecule has 0 aliphatic carbocycles. The van der Waals surface area contributed by atoms with Crippen LogP contribution in [0.5, 0.6) is 0 Å². The first-order chi connectivity index (χ1) is 20.3. The minimum absolute atomic E-state index is 0. The summed E-state index contributed by atoms with van der Waals surface area (Å²) in [6.07, 6.45) is -29.6. The largest absolute Gasteiger partial charge is 0.424 e. The van der Waals surface area contributed by atoms with Gasteiger partial charge in [-0.1, -0.05) is 0 Å². The molecule has 2 unspecified atom stereocenters. The summed E-state index contributed by atoms with van der Waals surface area (Å²) < 4.78 is 394. The van der Waals surface area contributed by atoms with E-state index in [0.717, 1.165) is 0 Å². The van der Waals surface area contributed by atoms with Crippen molar-refractivity contribution in [3.05, 3.63) is 0 Å². The molecule has 0 aromatic carbocycles.